The molecule has 0 saturated heterocycles. The first-order chi connectivity index (χ1) is 10.8. The number of nitrogen functional groups attached to an aromatic ring is 1. The Morgan fingerprint density at radius 2 is 2.04 bits per heavy atom. The summed E-state index contributed by atoms with van der Waals surface area (Å²) in [5, 5.41) is 2.83. The molecule has 1 aromatic carbocycles. The van der Waals surface area contributed by atoms with Crippen molar-refractivity contribution < 1.29 is 14.3 Å². The molecule has 3 N–H and O–H groups in total. The van der Waals surface area contributed by atoms with E-state index in [9.17, 15) is 9.59 Å². The van der Waals surface area contributed by atoms with Crippen LogP contribution in [0.25, 0.3) is 0 Å². The summed E-state index contributed by atoms with van der Waals surface area (Å²) in [6.07, 6.45) is -0.593. The molecular weight excluding hydrogens is 294 g/mol. The molecule has 0 spiro atoms. The number of carbonyl (C=O) groups is 2. The second-order valence-electron chi connectivity index (χ2n) is 6.63. The first-order valence-electron chi connectivity index (χ1n) is 7.93. The number of hydrogen-bond acceptors (Lipinski definition) is 4. The fourth-order valence-corrected chi connectivity index (χ4v) is 2.41. The van der Waals surface area contributed by atoms with Crippen LogP contribution in [-0.4, -0.2) is 31.0 Å². The average Bonchev–Trinajstić information content (AvgIpc) is 2.47. The van der Waals surface area contributed by atoms with Crippen molar-refractivity contribution in [3.8, 4) is 5.75 Å². The number of nitrogens with zero attached hydrogens (tertiary/aromatic N) is 1. The van der Waals surface area contributed by atoms with Gasteiger partial charge in [0.25, 0.3) is 5.91 Å². The van der Waals surface area contributed by atoms with E-state index in [1.807, 2.05) is 27.7 Å². The number of carbonyl (C=O) groups excluding carboxylic acids is 2. The Hall–Kier alpha value is -2.24. The topological polar surface area (TPSA) is 84.7 Å². The number of ether oxygens (including phenoxy) is 1. The number of fused-ring (bicyclic) bond motifs is 1. The average molecular weight is 319 g/mol. The minimum atomic E-state index is -0.593. The molecule has 6 nitrogen and oxygen atoms in total. The Morgan fingerprint density at radius 3 is 2.65 bits per heavy atom. The van der Waals surface area contributed by atoms with Gasteiger partial charge in [0, 0.05) is 12.2 Å². The third-order valence-electron chi connectivity index (χ3n) is 3.65. The molecule has 1 aromatic rings. The first kappa shape index (κ1) is 17.1. The zero-order valence-corrected chi connectivity index (χ0v) is 14.1. The SMILES string of the molecule is CC(C)CNC(=O)CN1C(=O)C(C(C)C)Oc2ccc(N)cc21. The number of nitrogens with two attached hydrogens (primary N) is 1. The molecule has 0 saturated carbocycles. The van der Waals surface area contributed by atoms with Gasteiger partial charge in [-0.2, -0.15) is 0 Å². The van der Waals surface area contributed by atoms with Crippen LogP contribution in [0, 0.1) is 11.8 Å². The van der Waals surface area contributed by atoms with Crippen LogP contribution in [0.4, 0.5) is 11.4 Å². The van der Waals surface area contributed by atoms with Gasteiger partial charge in [0.15, 0.2) is 6.10 Å². The van der Waals surface area contributed by atoms with Crippen molar-refractivity contribution in [2.45, 2.75) is 33.8 Å². The van der Waals surface area contributed by atoms with Crippen LogP contribution in [-0.2, 0) is 9.59 Å². The summed E-state index contributed by atoms with van der Waals surface area (Å²) in [6, 6.07) is 5.13. The molecule has 1 aliphatic heterocycles. The lowest BCUT2D eigenvalue weighted by atomic mass is 10.0. The van der Waals surface area contributed by atoms with Crippen molar-refractivity contribution in [3.05, 3.63) is 18.2 Å². The third kappa shape index (κ3) is 3.94. The largest absolute Gasteiger partial charge is 0.478 e. The van der Waals surface area contributed by atoms with Gasteiger partial charge in [-0.25, -0.2) is 0 Å². The lowest BCUT2D eigenvalue weighted by Gasteiger charge is -2.35. The highest BCUT2D eigenvalue weighted by Crippen LogP contribution is 2.36. The maximum atomic E-state index is 12.7. The van der Waals surface area contributed by atoms with E-state index in [1.165, 1.54) is 4.90 Å². The van der Waals surface area contributed by atoms with Gasteiger partial charge in [-0.1, -0.05) is 27.7 Å². The van der Waals surface area contributed by atoms with Crippen LogP contribution in [0.15, 0.2) is 18.2 Å². The molecule has 0 aromatic heterocycles. The molecule has 2 rings (SSSR count). The molecule has 1 unspecified atom stereocenters. The summed E-state index contributed by atoms with van der Waals surface area (Å²) >= 11 is 0. The molecule has 1 atom stereocenters. The molecule has 126 valence electrons. The minimum absolute atomic E-state index is 0.00873. The molecule has 0 bridgehead atoms. The number of amides is 2. The van der Waals surface area contributed by atoms with Crippen LogP contribution in [0.1, 0.15) is 27.7 Å². The quantitative estimate of drug-likeness (QED) is 0.810. The van der Waals surface area contributed by atoms with Crippen molar-refractivity contribution in [3.63, 3.8) is 0 Å². The lowest BCUT2D eigenvalue weighted by Crippen LogP contribution is -2.51. The summed E-state index contributed by atoms with van der Waals surface area (Å²) in [5.74, 6) is 0.539. The second-order valence-corrected chi connectivity index (χ2v) is 6.63. The van der Waals surface area contributed by atoms with Gasteiger partial charge in [0.2, 0.25) is 5.91 Å². The number of nitrogens with one attached hydrogen (secondary N) is 1. The van der Waals surface area contributed by atoms with Crippen molar-refractivity contribution in [1.29, 1.82) is 0 Å². The maximum Gasteiger partial charge on any atom is 0.268 e. The molecule has 6 heteroatoms. The highest BCUT2D eigenvalue weighted by atomic mass is 16.5. The van der Waals surface area contributed by atoms with Gasteiger partial charge in [-0.05, 0) is 30.0 Å². The van der Waals surface area contributed by atoms with Gasteiger partial charge < -0.3 is 15.8 Å². The van der Waals surface area contributed by atoms with Gasteiger partial charge in [-0.15, -0.1) is 0 Å². The fraction of sp³-hybridized carbons (Fsp3) is 0.529. The Morgan fingerprint density at radius 1 is 1.35 bits per heavy atom. The molecule has 2 amide bonds. The first-order valence-corrected chi connectivity index (χ1v) is 7.93. The molecule has 0 aliphatic carbocycles. The Balaban J connectivity index is 2.26. The summed E-state index contributed by atoms with van der Waals surface area (Å²) in [6.45, 7) is 8.42. The van der Waals surface area contributed by atoms with Crippen molar-refractivity contribution >= 4 is 23.2 Å². The lowest BCUT2D eigenvalue weighted by molar-refractivity contribution is -0.130. The number of hydrogen-bond donors (Lipinski definition) is 2. The predicted molar refractivity (Wildman–Crippen MR) is 90.3 cm³/mol. The van der Waals surface area contributed by atoms with E-state index in [0.717, 1.165) is 0 Å². The van der Waals surface area contributed by atoms with E-state index in [4.69, 9.17) is 10.5 Å². The highest BCUT2D eigenvalue weighted by Gasteiger charge is 2.37. The van der Waals surface area contributed by atoms with Gasteiger partial charge in [-0.3, -0.25) is 14.5 Å². The maximum absolute atomic E-state index is 12.7. The monoisotopic (exact) mass is 319 g/mol. The van der Waals surface area contributed by atoms with Crippen LogP contribution < -0.4 is 20.7 Å². The summed E-state index contributed by atoms with van der Waals surface area (Å²) in [7, 11) is 0. The van der Waals surface area contributed by atoms with E-state index < -0.39 is 6.10 Å². The van der Waals surface area contributed by atoms with Crippen molar-refractivity contribution in [1.82, 2.24) is 5.32 Å². The number of rotatable bonds is 5. The molecule has 1 aliphatic rings. The smallest absolute Gasteiger partial charge is 0.268 e. The Kier molecular flexibility index (Phi) is 5.13. The normalized spacial score (nSPS) is 17.2. The minimum Gasteiger partial charge on any atom is -0.478 e. The predicted octanol–water partition coefficient (Wildman–Crippen LogP) is 1.79. The third-order valence-corrected chi connectivity index (χ3v) is 3.65. The van der Waals surface area contributed by atoms with Crippen molar-refractivity contribution in [2.75, 3.05) is 23.7 Å². The summed E-state index contributed by atoms with van der Waals surface area (Å²) < 4.78 is 5.79. The standard InChI is InChI=1S/C17H25N3O3/c1-10(2)8-19-15(21)9-20-13-7-12(18)5-6-14(13)23-16(11(3)4)17(20)22/h5-7,10-11,16H,8-9,18H2,1-4H3,(H,19,21). The van der Waals surface area contributed by atoms with Gasteiger partial charge in [0.05, 0.1) is 5.69 Å². The van der Waals surface area contributed by atoms with Gasteiger partial charge >= 0.3 is 0 Å². The second kappa shape index (κ2) is 6.89. The molecule has 0 fully saturated rings. The highest BCUT2D eigenvalue weighted by molar-refractivity contribution is 6.04. The number of benzene rings is 1. The Bertz CT molecular complexity index is 599. The zero-order valence-electron chi connectivity index (χ0n) is 14.1. The van der Waals surface area contributed by atoms with Crippen LogP contribution in [0.3, 0.4) is 0 Å². The molecule has 1 heterocycles. The summed E-state index contributed by atoms with van der Waals surface area (Å²) in [4.78, 5) is 26.3. The van der Waals surface area contributed by atoms with Crippen LogP contribution in [0.2, 0.25) is 0 Å². The summed E-state index contributed by atoms with van der Waals surface area (Å²) in [5.41, 5.74) is 6.89. The molecule has 0 radical (unpaired) electrons. The zero-order chi connectivity index (χ0) is 17.1. The van der Waals surface area contributed by atoms with Crippen LogP contribution >= 0.6 is 0 Å². The van der Waals surface area contributed by atoms with E-state index in [0.29, 0.717) is 29.6 Å². The Labute approximate surface area is 137 Å². The van der Waals surface area contributed by atoms with E-state index in [2.05, 4.69) is 5.32 Å². The van der Waals surface area contributed by atoms with E-state index in [-0.39, 0.29) is 24.3 Å². The van der Waals surface area contributed by atoms with Crippen LogP contribution in [0.5, 0.6) is 5.75 Å². The van der Waals surface area contributed by atoms with Gasteiger partial charge in [0.1, 0.15) is 12.3 Å². The van der Waals surface area contributed by atoms with E-state index >= 15 is 0 Å². The number of anilines is 2. The molecule has 23 heavy (non-hydrogen) atoms. The van der Waals surface area contributed by atoms with E-state index in [1.54, 1.807) is 18.2 Å². The fourth-order valence-electron chi connectivity index (χ4n) is 2.41. The molecular formula is C17H25N3O3. The van der Waals surface area contributed by atoms with Crippen molar-refractivity contribution in [2.24, 2.45) is 11.8 Å².